The lowest BCUT2D eigenvalue weighted by atomic mass is 9.79. The van der Waals surface area contributed by atoms with Crippen LogP contribution in [0.25, 0.3) is 0 Å². The standard InChI is InChI=1S/C12H14N2OS/c1-11(2)3-4-12(8-13,10(11)15)7-9-14-5-6-16-9/h5-6H,3-4,7H2,1-2H3. The molecule has 1 fully saturated rings. The smallest absolute Gasteiger partial charge is 0.159 e. The van der Waals surface area contributed by atoms with Crippen LogP contribution in [0.2, 0.25) is 0 Å². The van der Waals surface area contributed by atoms with Gasteiger partial charge in [-0.1, -0.05) is 13.8 Å². The van der Waals surface area contributed by atoms with E-state index in [1.807, 2.05) is 19.2 Å². The molecule has 1 aliphatic rings. The second-order valence-corrected chi connectivity index (χ2v) is 5.99. The van der Waals surface area contributed by atoms with Crippen molar-refractivity contribution in [3.05, 3.63) is 16.6 Å². The Kier molecular flexibility index (Phi) is 2.59. The van der Waals surface area contributed by atoms with Crippen molar-refractivity contribution in [3.63, 3.8) is 0 Å². The number of rotatable bonds is 2. The fraction of sp³-hybridized carbons (Fsp3) is 0.583. The first kappa shape index (κ1) is 11.3. The van der Waals surface area contributed by atoms with E-state index in [0.717, 1.165) is 11.4 Å². The highest BCUT2D eigenvalue weighted by Gasteiger charge is 2.52. The van der Waals surface area contributed by atoms with Gasteiger partial charge in [-0.05, 0) is 12.8 Å². The Balaban J connectivity index is 2.29. The summed E-state index contributed by atoms with van der Waals surface area (Å²) in [5, 5.41) is 12.1. The predicted octanol–water partition coefficient (Wildman–Crippen LogP) is 2.58. The second kappa shape index (κ2) is 3.67. The number of carbonyl (C=O) groups excluding carboxylic acids is 1. The minimum absolute atomic E-state index is 0.0812. The molecule has 3 nitrogen and oxygen atoms in total. The molecule has 16 heavy (non-hydrogen) atoms. The summed E-state index contributed by atoms with van der Waals surface area (Å²) >= 11 is 1.51. The van der Waals surface area contributed by atoms with Crippen LogP contribution in [0.3, 0.4) is 0 Å². The first-order chi connectivity index (χ1) is 7.50. The second-order valence-electron chi connectivity index (χ2n) is 5.01. The van der Waals surface area contributed by atoms with Gasteiger partial charge in [0.15, 0.2) is 5.78 Å². The molecule has 0 aromatic carbocycles. The van der Waals surface area contributed by atoms with E-state index in [4.69, 9.17) is 0 Å². The quantitative estimate of drug-likeness (QED) is 0.790. The molecule has 0 N–H and O–H groups in total. The highest BCUT2D eigenvalue weighted by molar-refractivity contribution is 7.09. The van der Waals surface area contributed by atoms with Crippen molar-refractivity contribution in [1.82, 2.24) is 4.98 Å². The van der Waals surface area contributed by atoms with Crippen LogP contribution in [-0.4, -0.2) is 10.8 Å². The molecule has 0 bridgehead atoms. The maximum atomic E-state index is 12.3. The third-order valence-corrected chi connectivity index (χ3v) is 4.16. The molecule has 0 amide bonds. The number of ketones is 1. The predicted molar refractivity (Wildman–Crippen MR) is 61.9 cm³/mol. The summed E-state index contributed by atoms with van der Waals surface area (Å²) in [6.07, 6.45) is 3.65. The van der Waals surface area contributed by atoms with Crippen LogP contribution >= 0.6 is 11.3 Å². The van der Waals surface area contributed by atoms with Crippen molar-refractivity contribution < 1.29 is 4.79 Å². The Morgan fingerprint density at radius 1 is 1.56 bits per heavy atom. The molecule has 1 heterocycles. The molecule has 0 saturated heterocycles. The minimum Gasteiger partial charge on any atom is -0.297 e. The number of Topliss-reactive ketones (excluding diaryl/α,β-unsaturated/α-hetero) is 1. The van der Waals surface area contributed by atoms with Crippen molar-refractivity contribution >= 4 is 17.1 Å². The van der Waals surface area contributed by atoms with Gasteiger partial charge in [0, 0.05) is 23.4 Å². The zero-order valence-corrected chi connectivity index (χ0v) is 10.3. The normalized spacial score (nSPS) is 27.9. The van der Waals surface area contributed by atoms with Crippen molar-refractivity contribution in [3.8, 4) is 6.07 Å². The van der Waals surface area contributed by atoms with Gasteiger partial charge in [-0.15, -0.1) is 11.3 Å². The van der Waals surface area contributed by atoms with Crippen molar-refractivity contribution in [1.29, 1.82) is 5.26 Å². The summed E-state index contributed by atoms with van der Waals surface area (Å²) in [4.78, 5) is 16.4. The van der Waals surface area contributed by atoms with Crippen LogP contribution in [0.1, 0.15) is 31.7 Å². The summed E-state index contributed by atoms with van der Waals surface area (Å²) in [6.45, 7) is 3.85. The SMILES string of the molecule is CC1(C)CCC(C#N)(Cc2nccs2)C1=O. The van der Waals surface area contributed by atoms with Crippen LogP contribution in [-0.2, 0) is 11.2 Å². The summed E-state index contributed by atoms with van der Waals surface area (Å²) in [6, 6.07) is 2.24. The molecule has 0 spiro atoms. The maximum Gasteiger partial charge on any atom is 0.159 e. The molecule has 84 valence electrons. The van der Waals surface area contributed by atoms with E-state index >= 15 is 0 Å². The van der Waals surface area contributed by atoms with E-state index in [1.165, 1.54) is 11.3 Å². The number of nitrogens with zero attached hydrogens (tertiary/aromatic N) is 2. The Bertz CT molecular complexity index is 444. The van der Waals surface area contributed by atoms with Gasteiger partial charge in [-0.25, -0.2) is 4.98 Å². The van der Waals surface area contributed by atoms with Gasteiger partial charge in [0.2, 0.25) is 0 Å². The van der Waals surface area contributed by atoms with Gasteiger partial charge in [0.1, 0.15) is 5.41 Å². The molecule has 1 atom stereocenters. The van der Waals surface area contributed by atoms with E-state index in [9.17, 15) is 10.1 Å². The summed E-state index contributed by atoms with van der Waals surface area (Å²) in [7, 11) is 0. The lowest BCUT2D eigenvalue weighted by Gasteiger charge is -2.21. The largest absolute Gasteiger partial charge is 0.297 e. The lowest BCUT2D eigenvalue weighted by molar-refractivity contribution is -0.130. The number of nitriles is 1. The first-order valence-electron chi connectivity index (χ1n) is 5.35. The molecule has 1 saturated carbocycles. The molecular weight excluding hydrogens is 220 g/mol. The van der Waals surface area contributed by atoms with Gasteiger partial charge in [0.05, 0.1) is 11.1 Å². The zero-order chi connectivity index (χ0) is 11.8. The lowest BCUT2D eigenvalue weighted by Crippen LogP contribution is -2.33. The number of thiazole rings is 1. The van der Waals surface area contributed by atoms with Crippen molar-refractivity contribution in [2.75, 3.05) is 0 Å². The fourth-order valence-electron chi connectivity index (χ4n) is 2.31. The summed E-state index contributed by atoms with van der Waals surface area (Å²) < 4.78 is 0. The number of hydrogen-bond donors (Lipinski definition) is 0. The van der Waals surface area contributed by atoms with Gasteiger partial charge >= 0.3 is 0 Å². The van der Waals surface area contributed by atoms with Crippen LogP contribution in [0, 0.1) is 22.2 Å². The van der Waals surface area contributed by atoms with E-state index in [0.29, 0.717) is 12.8 Å². The van der Waals surface area contributed by atoms with Crippen LogP contribution in [0.15, 0.2) is 11.6 Å². The molecule has 1 aromatic heterocycles. The number of aromatic nitrogens is 1. The average molecular weight is 234 g/mol. The van der Waals surface area contributed by atoms with Crippen LogP contribution < -0.4 is 0 Å². The van der Waals surface area contributed by atoms with E-state index in [-0.39, 0.29) is 11.2 Å². The Labute approximate surface area is 99.1 Å². The van der Waals surface area contributed by atoms with Crippen LogP contribution in [0.4, 0.5) is 0 Å². The average Bonchev–Trinajstić information content (AvgIpc) is 2.82. The molecule has 2 rings (SSSR count). The van der Waals surface area contributed by atoms with Gasteiger partial charge in [-0.2, -0.15) is 5.26 Å². The molecular formula is C12H14N2OS. The highest BCUT2D eigenvalue weighted by atomic mass is 32.1. The summed E-state index contributed by atoms with van der Waals surface area (Å²) in [5.41, 5.74) is -1.19. The Hall–Kier alpha value is -1.21. The maximum absolute atomic E-state index is 12.3. The van der Waals surface area contributed by atoms with Crippen LogP contribution in [0.5, 0.6) is 0 Å². The van der Waals surface area contributed by atoms with Crippen molar-refractivity contribution in [2.24, 2.45) is 10.8 Å². The third-order valence-electron chi connectivity index (χ3n) is 3.38. The molecule has 1 aromatic rings. The van der Waals surface area contributed by atoms with Gasteiger partial charge < -0.3 is 0 Å². The molecule has 1 unspecified atom stereocenters. The highest BCUT2D eigenvalue weighted by Crippen LogP contribution is 2.47. The minimum atomic E-state index is -0.832. The van der Waals surface area contributed by atoms with E-state index < -0.39 is 5.41 Å². The third kappa shape index (κ3) is 1.65. The monoisotopic (exact) mass is 234 g/mol. The Morgan fingerprint density at radius 3 is 2.75 bits per heavy atom. The summed E-state index contributed by atoms with van der Waals surface area (Å²) in [5.74, 6) is 0.0812. The van der Waals surface area contributed by atoms with E-state index in [2.05, 4.69) is 11.1 Å². The molecule has 0 radical (unpaired) electrons. The van der Waals surface area contributed by atoms with E-state index in [1.54, 1.807) is 6.20 Å². The van der Waals surface area contributed by atoms with Gasteiger partial charge in [0.25, 0.3) is 0 Å². The number of carbonyl (C=O) groups is 1. The van der Waals surface area contributed by atoms with Crippen molar-refractivity contribution in [2.45, 2.75) is 33.1 Å². The number of hydrogen-bond acceptors (Lipinski definition) is 4. The molecule has 4 heteroatoms. The fourth-order valence-corrected chi connectivity index (χ4v) is 3.04. The van der Waals surface area contributed by atoms with Gasteiger partial charge in [-0.3, -0.25) is 4.79 Å². The molecule has 0 aliphatic heterocycles. The molecule has 1 aliphatic carbocycles. The Morgan fingerprint density at radius 2 is 2.31 bits per heavy atom. The first-order valence-corrected chi connectivity index (χ1v) is 6.23. The zero-order valence-electron chi connectivity index (χ0n) is 9.49. The topological polar surface area (TPSA) is 53.8 Å².